The molecule has 3 N–H and O–H groups in total. The fourth-order valence-electron chi connectivity index (χ4n) is 2.82. The van der Waals surface area contributed by atoms with Crippen LogP contribution >= 0.6 is 0 Å². The summed E-state index contributed by atoms with van der Waals surface area (Å²) in [5, 5.41) is 10.2. The lowest BCUT2D eigenvalue weighted by molar-refractivity contribution is 0.216. The Kier molecular flexibility index (Phi) is 3.59. The van der Waals surface area contributed by atoms with Crippen LogP contribution in [-0.4, -0.2) is 20.3 Å². The van der Waals surface area contributed by atoms with Crippen LogP contribution in [0.25, 0.3) is 11.6 Å². The van der Waals surface area contributed by atoms with Crippen LogP contribution in [-0.2, 0) is 5.54 Å². The SMILES string of the molecule is CCC1CCC(N)(c2noc(-c3ccc(=O)[nH]n3)n2)CC1. The second kappa shape index (κ2) is 5.40. The molecule has 0 saturated heterocycles. The van der Waals surface area contributed by atoms with Crippen molar-refractivity contribution in [2.75, 3.05) is 0 Å². The van der Waals surface area contributed by atoms with E-state index in [0.717, 1.165) is 31.6 Å². The molecular formula is C14H19N5O2. The van der Waals surface area contributed by atoms with Crippen molar-refractivity contribution in [1.82, 2.24) is 20.3 Å². The standard InChI is InChI=1S/C14H19N5O2/c1-2-9-5-7-14(15,8-6-9)13-16-12(21-19-13)10-3-4-11(20)18-17-10/h3-4,9H,2,5-8,15H2,1H3,(H,18,20). The molecule has 21 heavy (non-hydrogen) atoms. The van der Waals surface area contributed by atoms with Crippen LogP contribution in [0, 0.1) is 5.92 Å². The van der Waals surface area contributed by atoms with Gasteiger partial charge in [0.1, 0.15) is 5.69 Å². The summed E-state index contributed by atoms with van der Waals surface area (Å²) >= 11 is 0. The second-order valence-corrected chi connectivity index (χ2v) is 5.74. The second-order valence-electron chi connectivity index (χ2n) is 5.74. The fraction of sp³-hybridized carbons (Fsp3) is 0.571. The highest BCUT2D eigenvalue weighted by Crippen LogP contribution is 2.37. The molecule has 0 unspecified atom stereocenters. The molecule has 1 aliphatic rings. The Balaban J connectivity index is 1.81. The minimum absolute atomic E-state index is 0.272. The zero-order chi connectivity index (χ0) is 14.9. The average Bonchev–Trinajstić information content (AvgIpc) is 2.99. The third-order valence-electron chi connectivity index (χ3n) is 4.34. The number of H-pyrrole nitrogens is 1. The summed E-state index contributed by atoms with van der Waals surface area (Å²) in [5.41, 5.74) is 6.10. The smallest absolute Gasteiger partial charge is 0.278 e. The van der Waals surface area contributed by atoms with Gasteiger partial charge in [0, 0.05) is 6.07 Å². The first-order valence-corrected chi connectivity index (χ1v) is 7.30. The van der Waals surface area contributed by atoms with E-state index in [1.807, 2.05) is 0 Å². The molecule has 7 heteroatoms. The predicted octanol–water partition coefficient (Wildman–Crippen LogP) is 1.57. The van der Waals surface area contributed by atoms with Gasteiger partial charge in [-0.25, -0.2) is 5.10 Å². The summed E-state index contributed by atoms with van der Waals surface area (Å²) in [7, 11) is 0. The summed E-state index contributed by atoms with van der Waals surface area (Å²) < 4.78 is 5.24. The molecule has 0 radical (unpaired) electrons. The van der Waals surface area contributed by atoms with Crippen LogP contribution in [0.1, 0.15) is 44.9 Å². The van der Waals surface area contributed by atoms with Gasteiger partial charge in [0.05, 0.1) is 5.54 Å². The summed E-state index contributed by atoms with van der Waals surface area (Å²) in [4.78, 5) is 15.4. The highest BCUT2D eigenvalue weighted by molar-refractivity contribution is 5.44. The molecule has 1 aliphatic carbocycles. The normalized spacial score (nSPS) is 25.9. The number of hydrogen-bond donors (Lipinski definition) is 2. The molecule has 0 spiro atoms. The molecule has 1 saturated carbocycles. The van der Waals surface area contributed by atoms with Crippen LogP contribution in [0.15, 0.2) is 21.5 Å². The summed E-state index contributed by atoms with van der Waals surface area (Å²) in [6.45, 7) is 2.21. The lowest BCUT2D eigenvalue weighted by Gasteiger charge is -2.34. The van der Waals surface area contributed by atoms with E-state index in [0.29, 0.717) is 11.5 Å². The lowest BCUT2D eigenvalue weighted by Crippen LogP contribution is -2.41. The van der Waals surface area contributed by atoms with Crippen molar-refractivity contribution in [3.8, 4) is 11.6 Å². The lowest BCUT2D eigenvalue weighted by atomic mass is 9.76. The molecule has 2 aromatic heterocycles. The van der Waals surface area contributed by atoms with Crippen molar-refractivity contribution in [3.05, 3.63) is 28.3 Å². The Hall–Kier alpha value is -2.02. The number of aromatic nitrogens is 4. The first kappa shape index (κ1) is 13.9. The summed E-state index contributed by atoms with van der Waals surface area (Å²) in [6.07, 6.45) is 5.10. The van der Waals surface area contributed by atoms with Gasteiger partial charge in [0.15, 0.2) is 5.82 Å². The van der Waals surface area contributed by atoms with E-state index in [-0.39, 0.29) is 11.4 Å². The number of hydrogen-bond acceptors (Lipinski definition) is 6. The Bertz CT molecular complexity index is 650. The highest BCUT2D eigenvalue weighted by atomic mass is 16.5. The number of nitrogens with two attached hydrogens (primary N) is 1. The number of rotatable bonds is 3. The van der Waals surface area contributed by atoms with E-state index < -0.39 is 5.54 Å². The van der Waals surface area contributed by atoms with E-state index in [2.05, 4.69) is 27.3 Å². The first-order chi connectivity index (χ1) is 10.1. The molecule has 2 aromatic rings. The van der Waals surface area contributed by atoms with Crippen LogP contribution in [0.3, 0.4) is 0 Å². The molecule has 0 bridgehead atoms. The molecule has 0 amide bonds. The van der Waals surface area contributed by atoms with E-state index >= 15 is 0 Å². The number of aromatic amines is 1. The van der Waals surface area contributed by atoms with Crippen LogP contribution in [0.5, 0.6) is 0 Å². The van der Waals surface area contributed by atoms with Gasteiger partial charge in [-0.15, -0.1) is 0 Å². The van der Waals surface area contributed by atoms with Gasteiger partial charge in [-0.05, 0) is 37.7 Å². The topological polar surface area (TPSA) is 111 Å². The van der Waals surface area contributed by atoms with Crippen LogP contribution in [0.2, 0.25) is 0 Å². The minimum atomic E-state index is -0.518. The number of nitrogens with one attached hydrogen (secondary N) is 1. The van der Waals surface area contributed by atoms with Crippen LogP contribution in [0.4, 0.5) is 0 Å². The number of nitrogens with zero attached hydrogens (tertiary/aromatic N) is 3. The van der Waals surface area contributed by atoms with Gasteiger partial charge in [0.2, 0.25) is 0 Å². The van der Waals surface area contributed by atoms with Gasteiger partial charge < -0.3 is 10.3 Å². The van der Waals surface area contributed by atoms with Crippen LogP contribution < -0.4 is 11.3 Å². The Morgan fingerprint density at radius 2 is 2.19 bits per heavy atom. The van der Waals surface area contributed by atoms with Gasteiger partial charge in [-0.2, -0.15) is 10.1 Å². The van der Waals surface area contributed by atoms with Crippen molar-refractivity contribution < 1.29 is 4.52 Å². The monoisotopic (exact) mass is 289 g/mol. The maximum Gasteiger partial charge on any atom is 0.278 e. The van der Waals surface area contributed by atoms with E-state index in [4.69, 9.17) is 10.3 Å². The Morgan fingerprint density at radius 3 is 2.81 bits per heavy atom. The zero-order valence-corrected chi connectivity index (χ0v) is 12.0. The van der Waals surface area contributed by atoms with Crippen molar-refractivity contribution in [2.24, 2.45) is 11.7 Å². The van der Waals surface area contributed by atoms with Gasteiger partial charge in [0.25, 0.3) is 11.4 Å². The van der Waals surface area contributed by atoms with Crippen molar-refractivity contribution in [3.63, 3.8) is 0 Å². The Morgan fingerprint density at radius 1 is 1.43 bits per heavy atom. The molecule has 1 fully saturated rings. The third-order valence-corrected chi connectivity index (χ3v) is 4.34. The van der Waals surface area contributed by atoms with Crippen molar-refractivity contribution in [1.29, 1.82) is 0 Å². The molecule has 7 nitrogen and oxygen atoms in total. The molecule has 112 valence electrons. The quantitative estimate of drug-likeness (QED) is 0.887. The van der Waals surface area contributed by atoms with Gasteiger partial charge in [-0.1, -0.05) is 18.5 Å². The molecule has 0 aromatic carbocycles. The summed E-state index contributed by atoms with van der Waals surface area (Å²) in [6, 6.07) is 2.92. The summed E-state index contributed by atoms with van der Waals surface area (Å²) in [5.74, 6) is 1.55. The van der Waals surface area contributed by atoms with Gasteiger partial charge >= 0.3 is 0 Å². The average molecular weight is 289 g/mol. The maximum atomic E-state index is 11.0. The molecule has 0 aliphatic heterocycles. The van der Waals surface area contributed by atoms with E-state index in [9.17, 15) is 4.79 Å². The molecule has 3 rings (SSSR count). The molecule has 0 atom stereocenters. The van der Waals surface area contributed by atoms with E-state index in [1.165, 1.54) is 12.5 Å². The minimum Gasteiger partial charge on any atom is -0.332 e. The zero-order valence-electron chi connectivity index (χ0n) is 12.0. The predicted molar refractivity (Wildman–Crippen MR) is 76.3 cm³/mol. The van der Waals surface area contributed by atoms with Crippen molar-refractivity contribution in [2.45, 2.75) is 44.6 Å². The van der Waals surface area contributed by atoms with Gasteiger partial charge in [-0.3, -0.25) is 4.79 Å². The maximum absolute atomic E-state index is 11.0. The van der Waals surface area contributed by atoms with E-state index in [1.54, 1.807) is 6.07 Å². The fourth-order valence-corrected chi connectivity index (χ4v) is 2.82. The third kappa shape index (κ3) is 2.73. The highest BCUT2D eigenvalue weighted by Gasteiger charge is 2.37. The molecular weight excluding hydrogens is 270 g/mol. The van der Waals surface area contributed by atoms with Crippen molar-refractivity contribution >= 4 is 0 Å². The molecule has 2 heterocycles. The Labute approximate surface area is 121 Å². The largest absolute Gasteiger partial charge is 0.332 e. The first-order valence-electron chi connectivity index (χ1n) is 7.30.